The molecule has 4 rings (SSSR count). The lowest BCUT2D eigenvalue weighted by Crippen LogP contribution is -2.33. The van der Waals surface area contributed by atoms with Gasteiger partial charge in [0.05, 0.1) is 18.7 Å². The summed E-state index contributed by atoms with van der Waals surface area (Å²) in [5.41, 5.74) is 1.91. The van der Waals surface area contributed by atoms with E-state index in [1.54, 1.807) is 24.3 Å². The zero-order valence-electron chi connectivity index (χ0n) is 15.3. The van der Waals surface area contributed by atoms with Crippen LogP contribution in [0.4, 0.5) is 10.3 Å². The lowest BCUT2D eigenvalue weighted by Gasteiger charge is -2.19. The smallest absolute Gasteiger partial charge is 0.352 e. The van der Waals surface area contributed by atoms with E-state index in [1.165, 1.54) is 23.0 Å². The molecular weight excluding hydrogens is 395 g/mol. The number of anilines is 1. The number of nitrogens with zero attached hydrogens (tertiary/aromatic N) is 3. The van der Waals surface area contributed by atoms with Crippen LogP contribution in [0.3, 0.4) is 0 Å². The van der Waals surface area contributed by atoms with Crippen molar-refractivity contribution in [2.45, 2.75) is 25.1 Å². The predicted molar refractivity (Wildman–Crippen MR) is 109 cm³/mol. The molecule has 0 bridgehead atoms. The SMILES string of the molecule is O=c1nc(NC2CC=C(c3ccc(F)cc3)C2O)ncn1Cc1ccc(Cl)cc1. The molecule has 0 aliphatic heterocycles. The highest BCUT2D eigenvalue weighted by molar-refractivity contribution is 6.30. The Kier molecular flexibility index (Phi) is 5.42. The molecule has 0 saturated heterocycles. The third-order valence-corrected chi connectivity index (χ3v) is 5.07. The fourth-order valence-electron chi connectivity index (χ4n) is 3.28. The molecule has 0 spiro atoms. The standard InChI is InChI=1S/C21H18ClFN4O2/c22-15-5-1-13(2-6-15)11-27-12-24-20(26-21(27)29)25-18-10-9-17(19(18)28)14-3-7-16(23)8-4-14/h1-9,12,18-19,28H,10-11H2,(H,25,26,29). The first kappa shape index (κ1) is 19.3. The summed E-state index contributed by atoms with van der Waals surface area (Å²) in [5.74, 6) is -0.177. The molecule has 2 atom stereocenters. The van der Waals surface area contributed by atoms with Crippen molar-refractivity contribution in [3.8, 4) is 0 Å². The molecule has 6 nitrogen and oxygen atoms in total. The van der Waals surface area contributed by atoms with Crippen LogP contribution in [0.2, 0.25) is 5.02 Å². The number of aromatic nitrogens is 3. The zero-order valence-corrected chi connectivity index (χ0v) is 16.1. The first-order valence-corrected chi connectivity index (χ1v) is 9.46. The summed E-state index contributed by atoms with van der Waals surface area (Å²) in [6.07, 6.45) is 3.02. The van der Waals surface area contributed by atoms with Gasteiger partial charge in [-0.15, -0.1) is 0 Å². The first-order valence-electron chi connectivity index (χ1n) is 9.08. The van der Waals surface area contributed by atoms with Crippen LogP contribution in [0.15, 0.2) is 65.7 Å². The molecule has 1 heterocycles. The molecule has 2 unspecified atom stereocenters. The Morgan fingerprint density at radius 1 is 1.17 bits per heavy atom. The summed E-state index contributed by atoms with van der Waals surface area (Å²) >= 11 is 5.87. The van der Waals surface area contributed by atoms with Gasteiger partial charge in [0, 0.05) is 5.02 Å². The van der Waals surface area contributed by atoms with Crippen molar-refractivity contribution in [3.05, 3.63) is 93.4 Å². The molecule has 3 aromatic rings. The summed E-state index contributed by atoms with van der Waals surface area (Å²) in [6, 6.07) is 12.8. The number of aliphatic hydroxyl groups excluding tert-OH is 1. The lowest BCUT2D eigenvalue weighted by molar-refractivity contribution is 0.217. The van der Waals surface area contributed by atoms with E-state index in [9.17, 15) is 14.3 Å². The highest BCUT2D eigenvalue weighted by atomic mass is 35.5. The van der Waals surface area contributed by atoms with Gasteiger partial charge in [0.25, 0.3) is 0 Å². The normalized spacial score (nSPS) is 18.5. The summed E-state index contributed by atoms with van der Waals surface area (Å²) in [7, 11) is 0. The molecule has 1 aliphatic rings. The van der Waals surface area contributed by atoms with Gasteiger partial charge in [-0.25, -0.2) is 14.2 Å². The van der Waals surface area contributed by atoms with Crippen molar-refractivity contribution in [3.63, 3.8) is 0 Å². The second-order valence-corrected chi connectivity index (χ2v) is 7.25. The van der Waals surface area contributed by atoms with Crippen molar-refractivity contribution < 1.29 is 9.50 Å². The maximum Gasteiger partial charge on any atom is 0.352 e. The van der Waals surface area contributed by atoms with Crippen LogP contribution < -0.4 is 11.0 Å². The van der Waals surface area contributed by atoms with Gasteiger partial charge in [-0.1, -0.05) is 41.9 Å². The van der Waals surface area contributed by atoms with Crippen molar-refractivity contribution in [2.75, 3.05) is 5.32 Å². The number of hydrogen-bond donors (Lipinski definition) is 2. The van der Waals surface area contributed by atoms with Crippen molar-refractivity contribution in [2.24, 2.45) is 0 Å². The van der Waals surface area contributed by atoms with Crippen LogP contribution >= 0.6 is 11.6 Å². The molecule has 2 N–H and O–H groups in total. The Morgan fingerprint density at radius 2 is 1.90 bits per heavy atom. The number of aliphatic hydroxyl groups is 1. The molecule has 2 aromatic carbocycles. The van der Waals surface area contributed by atoms with E-state index in [0.717, 1.165) is 11.1 Å². The minimum absolute atomic E-state index is 0.153. The monoisotopic (exact) mass is 412 g/mol. The molecule has 0 fully saturated rings. The summed E-state index contributed by atoms with van der Waals surface area (Å²) in [6.45, 7) is 0.332. The van der Waals surface area contributed by atoms with E-state index >= 15 is 0 Å². The van der Waals surface area contributed by atoms with E-state index in [0.29, 0.717) is 23.6 Å². The van der Waals surface area contributed by atoms with Gasteiger partial charge in [0.1, 0.15) is 12.1 Å². The average molecular weight is 413 g/mol. The Hall–Kier alpha value is -3.03. The summed E-state index contributed by atoms with van der Waals surface area (Å²) < 4.78 is 14.5. The van der Waals surface area contributed by atoms with Crippen molar-refractivity contribution >= 4 is 23.1 Å². The fraction of sp³-hybridized carbons (Fsp3) is 0.190. The molecule has 0 amide bonds. The van der Waals surface area contributed by atoms with E-state index < -0.39 is 11.8 Å². The molecule has 29 heavy (non-hydrogen) atoms. The van der Waals surface area contributed by atoms with Crippen molar-refractivity contribution in [1.82, 2.24) is 14.5 Å². The number of benzene rings is 2. The van der Waals surface area contributed by atoms with Gasteiger partial charge in [-0.3, -0.25) is 4.57 Å². The third-order valence-electron chi connectivity index (χ3n) is 4.82. The minimum atomic E-state index is -0.819. The van der Waals surface area contributed by atoms with E-state index in [4.69, 9.17) is 11.6 Å². The van der Waals surface area contributed by atoms with Crippen LogP contribution in [0, 0.1) is 5.82 Å². The molecule has 8 heteroatoms. The van der Waals surface area contributed by atoms with Crippen molar-refractivity contribution in [1.29, 1.82) is 0 Å². The number of halogens is 2. The van der Waals surface area contributed by atoms with E-state index in [1.807, 2.05) is 18.2 Å². The molecule has 1 aliphatic carbocycles. The largest absolute Gasteiger partial charge is 0.386 e. The number of nitrogens with one attached hydrogen (secondary N) is 1. The van der Waals surface area contributed by atoms with Gasteiger partial charge >= 0.3 is 5.69 Å². The number of rotatable bonds is 5. The van der Waals surface area contributed by atoms with Gasteiger partial charge in [-0.05, 0) is 47.4 Å². The van der Waals surface area contributed by atoms with Crippen LogP contribution in [0.1, 0.15) is 17.5 Å². The van der Waals surface area contributed by atoms with Crippen LogP contribution in [0.25, 0.3) is 5.57 Å². The molecule has 1 aromatic heterocycles. The summed E-state index contributed by atoms with van der Waals surface area (Å²) in [4.78, 5) is 20.5. The second kappa shape index (κ2) is 8.14. The maximum absolute atomic E-state index is 13.1. The zero-order chi connectivity index (χ0) is 20.4. The fourth-order valence-corrected chi connectivity index (χ4v) is 3.40. The molecular formula is C21H18ClFN4O2. The third kappa shape index (κ3) is 4.36. The average Bonchev–Trinajstić information content (AvgIpc) is 3.07. The molecule has 0 radical (unpaired) electrons. The number of hydrogen-bond acceptors (Lipinski definition) is 5. The highest BCUT2D eigenvalue weighted by Crippen LogP contribution is 2.30. The second-order valence-electron chi connectivity index (χ2n) is 6.81. The Bertz CT molecular complexity index is 1100. The Morgan fingerprint density at radius 3 is 2.59 bits per heavy atom. The molecule has 0 saturated carbocycles. The predicted octanol–water partition coefficient (Wildman–Crippen LogP) is 3.11. The van der Waals surface area contributed by atoms with Gasteiger partial charge in [0.15, 0.2) is 0 Å². The van der Waals surface area contributed by atoms with E-state index in [-0.39, 0.29) is 17.8 Å². The van der Waals surface area contributed by atoms with Gasteiger partial charge in [-0.2, -0.15) is 4.98 Å². The van der Waals surface area contributed by atoms with E-state index in [2.05, 4.69) is 15.3 Å². The first-order chi connectivity index (χ1) is 14.0. The van der Waals surface area contributed by atoms with Gasteiger partial charge < -0.3 is 10.4 Å². The van der Waals surface area contributed by atoms with Gasteiger partial charge in [0.2, 0.25) is 5.95 Å². The Labute approximate surface area is 171 Å². The van der Waals surface area contributed by atoms with Crippen LogP contribution in [-0.4, -0.2) is 31.8 Å². The minimum Gasteiger partial charge on any atom is -0.386 e. The topological polar surface area (TPSA) is 80.0 Å². The van der Waals surface area contributed by atoms with Crippen LogP contribution in [-0.2, 0) is 6.54 Å². The molecule has 148 valence electrons. The van der Waals surface area contributed by atoms with Crippen LogP contribution in [0.5, 0.6) is 0 Å². The Balaban J connectivity index is 1.43. The maximum atomic E-state index is 13.1. The highest BCUT2D eigenvalue weighted by Gasteiger charge is 2.29. The summed E-state index contributed by atoms with van der Waals surface area (Å²) in [5, 5.41) is 14.2. The quantitative estimate of drug-likeness (QED) is 0.673. The lowest BCUT2D eigenvalue weighted by atomic mass is 10.0.